The van der Waals surface area contributed by atoms with Gasteiger partial charge in [-0.05, 0) is 48.1 Å². The molecule has 6 heteroatoms. The molecule has 110 valence electrons. The summed E-state index contributed by atoms with van der Waals surface area (Å²) in [5, 5.41) is 5.33. The van der Waals surface area contributed by atoms with Crippen molar-refractivity contribution in [2.75, 3.05) is 26.3 Å². The molecule has 0 heterocycles. The number of amides is 2. The second kappa shape index (κ2) is 9.71. The molecule has 2 amide bonds. The maximum Gasteiger partial charge on any atom is 0.252 e. The Kier molecular flexibility index (Phi) is 8.20. The van der Waals surface area contributed by atoms with Gasteiger partial charge >= 0.3 is 0 Å². The zero-order valence-corrected chi connectivity index (χ0v) is 13.6. The van der Waals surface area contributed by atoms with Crippen LogP contribution in [0.25, 0.3) is 0 Å². The molecule has 0 atom stereocenters. The van der Waals surface area contributed by atoms with Crippen LogP contribution in [-0.2, 0) is 9.53 Å². The van der Waals surface area contributed by atoms with E-state index in [-0.39, 0.29) is 18.4 Å². The van der Waals surface area contributed by atoms with E-state index in [0.717, 1.165) is 9.99 Å². The summed E-state index contributed by atoms with van der Waals surface area (Å²) in [6.45, 7) is 3.78. The normalized spacial score (nSPS) is 10.1. The first-order chi connectivity index (χ1) is 9.65. The first-order valence-corrected chi connectivity index (χ1v) is 7.60. The van der Waals surface area contributed by atoms with E-state index in [1.807, 2.05) is 19.1 Å². The molecule has 1 aromatic rings. The first kappa shape index (κ1) is 16.9. The van der Waals surface area contributed by atoms with E-state index in [1.165, 1.54) is 0 Å². The lowest BCUT2D eigenvalue weighted by molar-refractivity contribution is -0.120. The van der Waals surface area contributed by atoms with Crippen LogP contribution < -0.4 is 10.6 Å². The Morgan fingerprint density at radius 2 is 2.00 bits per heavy atom. The summed E-state index contributed by atoms with van der Waals surface area (Å²) >= 11 is 2.09. The molecule has 0 fully saturated rings. The molecule has 0 saturated heterocycles. The minimum absolute atomic E-state index is 0.0154. The van der Waals surface area contributed by atoms with Gasteiger partial charge in [0.05, 0.1) is 12.1 Å². The molecule has 0 spiro atoms. The van der Waals surface area contributed by atoms with Crippen molar-refractivity contribution in [1.29, 1.82) is 0 Å². The molecule has 0 saturated carbocycles. The van der Waals surface area contributed by atoms with Gasteiger partial charge in [-0.25, -0.2) is 0 Å². The van der Waals surface area contributed by atoms with Crippen molar-refractivity contribution in [1.82, 2.24) is 10.6 Å². The first-order valence-electron chi connectivity index (χ1n) is 6.52. The summed E-state index contributed by atoms with van der Waals surface area (Å²) in [7, 11) is 0. The number of hydrogen-bond donors (Lipinski definition) is 2. The zero-order chi connectivity index (χ0) is 14.8. The van der Waals surface area contributed by atoms with E-state index < -0.39 is 0 Å². The predicted molar refractivity (Wildman–Crippen MR) is 85.6 cm³/mol. The van der Waals surface area contributed by atoms with Crippen LogP contribution in [0.2, 0.25) is 0 Å². The van der Waals surface area contributed by atoms with Gasteiger partial charge in [0, 0.05) is 23.3 Å². The largest absolute Gasteiger partial charge is 0.382 e. The van der Waals surface area contributed by atoms with Gasteiger partial charge in [0.2, 0.25) is 5.91 Å². The highest BCUT2D eigenvalue weighted by Crippen LogP contribution is 2.10. The van der Waals surface area contributed by atoms with Crippen molar-refractivity contribution in [3.63, 3.8) is 0 Å². The number of carbonyl (C=O) groups excluding carboxylic acids is 2. The fourth-order valence-electron chi connectivity index (χ4n) is 1.51. The molecule has 0 aliphatic heterocycles. The molecular formula is C14H19IN2O3. The fraction of sp³-hybridized carbons (Fsp3) is 0.429. The van der Waals surface area contributed by atoms with Gasteiger partial charge in [-0.15, -0.1) is 0 Å². The number of benzene rings is 1. The minimum atomic E-state index is -0.237. The highest BCUT2D eigenvalue weighted by molar-refractivity contribution is 14.1. The van der Waals surface area contributed by atoms with Crippen LogP contribution in [0.15, 0.2) is 24.3 Å². The van der Waals surface area contributed by atoms with Crippen LogP contribution in [0.5, 0.6) is 0 Å². The standard InChI is InChI=1S/C14H19IN2O3/c1-2-20-9-5-8-16-13(18)10-17-14(19)11-6-3-4-7-12(11)15/h3-4,6-7H,2,5,8-10H2,1H3,(H,16,18)(H,17,19). The molecule has 0 aliphatic carbocycles. The lowest BCUT2D eigenvalue weighted by Crippen LogP contribution is -2.37. The number of halogens is 1. The van der Waals surface area contributed by atoms with E-state index in [9.17, 15) is 9.59 Å². The van der Waals surface area contributed by atoms with Crippen LogP contribution in [-0.4, -0.2) is 38.1 Å². The van der Waals surface area contributed by atoms with Crippen LogP contribution in [0.1, 0.15) is 23.7 Å². The van der Waals surface area contributed by atoms with E-state index >= 15 is 0 Å². The second-order valence-corrected chi connectivity index (χ2v) is 5.23. The predicted octanol–water partition coefficient (Wildman–Crippen LogP) is 1.56. The summed E-state index contributed by atoms with van der Waals surface area (Å²) in [5.74, 6) is -0.430. The van der Waals surface area contributed by atoms with Crippen molar-refractivity contribution in [3.8, 4) is 0 Å². The average Bonchev–Trinajstić information content (AvgIpc) is 2.45. The van der Waals surface area contributed by atoms with E-state index in [0.29, 0.717) is 25.3 Å². The van der Waals surface area contributed by atoms with Gasteiger partial charge in [0.25, 0.3) is 5.91 Å². The lowest BCUT2D eigenvalue weighted by Gasteiger charge is -2.08. The van der Waals surface area contributed by atoms with Gasteiger partial charge < -0.3 is 15.4 Å². The molecule has 1 aromatic carbocycles. The number of rotatable bonds is 8. The molecule has 0 aromatic heterocycles. The second-order valence-electron chi connectivity index (χ2n) is 4.06. The highest BCUT2D eigenvalue weighted by Gasteiger charge is 2.10. The van der Waals surface area contributed by atoms with Crippen molar-refractivity contribution in [2.24, 2.45) is 0 Å². The Morgan fingerprint density at radius 3 is 2.70 bits per heavy atom. The van der Waals surface area contributed by atoms with E-state index in [2.05, 4.69) is 33.2 Å². The SMILES string of the molecule is CCOCCCNC(=O)CNC(=O)c1ccccc1I. The topological polar surface area (TPSA) is 67.4 Å². The minimum Gasteiger partial charge on any atom is -0.382 e. The summed E-state index contributed by atoms with van der Waals surface area (Å²) in [6.07, 6.45) is 0.768. The number of ether oxygens (including phenoxy) is 1. The summed E-state index contributed by atoms with van der Waals surface area (Å²) in [5.41, 5.74) is 0.581. The fourth-order valence-corrected chi connectivity index (χ4v) is 2.14. The molecule has 1 rings (SSSR count). The molecule has 0 radical (unpaired) electrons. The van der Waals surface area contributed by atoms with Gasteiger partial charge in [-0.1, -0.05) is 12.1 Å². The Hall–Kier alpha value is -1.15. The highest BCUT2D eigenvalue weighted by atomic mass is 127. The smallest absolute Gasteiger partial charge is 0.252 e. The molecule has 0 unspecified atom stereocenters. The molecule has 2 N–H and O–H groups in total. The number of carbonyl (C=O) groups is 2. The van der Waals surface area contributed by atoms with Crippen molar-refractivity contribution in [2.45, 2.75) is 13.3 Å². The third-order valence-corrected chi connectivity index (χ3v) is 3.46. The Morgan fingerprint density at radius 1 is 1.25 bits per heavy atom. The third kappa shape index (κ3) is 6.33. The summed E-state index contributed by atoms with van der Waals surface area (Å²) in [4.78, 5) is 23.4. The molecular weight excluding hydrogens is 371 g/mol. The van der Waals surface area contributed by atoms with Crippen molar-refractivity contribution >= 4 is 34.4 Å². The van der Waals surface area contributed by atoms with Crippen molar-refractivity contribution < 1.29 is 14.3 Å². The number of nitrogens with one attached hydrogen (secondary N) is 2. The summed E-state index contributed by atoms with van der Waals surface area (Å²) in [6, 6.07) is 7.24. The average molecular weight is 390 g/mol. The maximum absolute atomic E-state index is 11.9. The van der Waals surface area contributed by atoms with Crippen LogP contribution in [0.3, 0.4) is 0 Å². The lowest BCUT2D eigenvalue weighted by atomic mass is 10.2. The zero-order valence-electron chi connectivity index (χ0n) is 11.4. The monoisotopic (exact) mass is 390 g/mol. The van der Waals surface area contributed by atoms with Gasteiger partial charge in [-0.3, -0.25) is 9.59 Å². The van der Waals surface area contributed by atoms with Gasteiger partial charge in [-0.2, -0.15) is 0 Å². The quantitative estimate of drug-likeness (QED) is 0.523. The Balaban J connectivity index is 2.24. The Bertz CT molecular complexity index is 452. The van der Waals surface area contributed by atoms with Gasteiger partial charge in [0.15, 0.2) is 0 Å². The third-order valence-electron chi connectivity index (χ3n) is 2.52. The van der Waals surface area contributed by atoms with Gasteiger partial charge in [0.1, 0.15) is 0 Å². The maximum atomic E-state index is 11.9. The molecule has 20 heavy (non-hydrogen) atoms. The Labute approximate surface area is 132 Å². The van der Waals surface area contributed by atoms with E-state index in [1.54, 1.807) is 12.1 Å². The van der Waals surface area contributed by atoms with Crippen LogP contribution in [0.4, 0.5) is 0 Å². The molecule has 0 aliphatic rings. The molecule has 5 nitrogen and oxygen atoms in total. The number of hydrogen-bond acceptors (Lipinski definition) is 3. The van der Waals surface area contributed by atoms with Crippen molar-refractivity contribution in [3.05, 3.63) is 33.4 Å². The summed E-state index contributed by atoms with van der Waals surface area (Å²) < 4.78 is 6.02. The van der Waals surface area contributed by atoms with Crippen LogP contribution in [0, 0.1) is 3.57 Å². The molecule has 0 bridgehead atoms. The van der Waals surface area contributed by atoms with E-state index in [4.69, 9.17) is 4.74 Å². The van der Waals surface area contributed by atoms with Crippen LogP contribution >= 0.6 is 22.6 Å².